The third-order valence-corrected chi connectivity index (χ3v) is 7.79. The lowest BCUT2D eigenvalue weighted by Crippen LogP contribution is -2.34. The first-order chi connectivity index (χ1) is 16.4. The molecule has 35 heavy (non-hydrogen) atoms. The van der Waals surface area contributed by atoms with E-state index in [0.29, 0.717) is 26.9 Å². The molecule has 0 saturated heterocycles. The molecular formula is C25H16Cl5FN2O2. The van der Waals surface area contributed by atoms with Crippen LogP contribution in [0.2, 0.25) is 15.1 Å². The summed E-state index contributed by atoms with van der Waals surface area (Å²) in [6, 6.07) is 12.9. The topological polar surface area (TPSA) is 72.2 Å². The molecule has 0 spiro atoms. The summed E-state index contributed by atoms with van der Waals surface area (Å²) >= 11 is 31.9. The Bertz CT molecular complexity index is 1370. The summed E-state index contributed by atoms with van der Waals surface area (Å²) in [6.45, 7) is 3.63. The van der Waals surface area contributed by atoms with Gasteiger partial charge in [-0.05, 0) is 59.7 Å². The molecule has 2 amide bonds. The van der Waals surface area contributed by atoms with Gasteiger partial charge in [-0.2, -0.15) is 0 Å². The van der Waals surface area contributed by atoms with E-state index in [-0.39, 0.29) is 16.1 Å². The van der Waals surface area contributed by atoms with Crippen LogP contribution in [-0.4, -0.2) is 16.1 Å². The molecule has 4 nitrogen and oxygen atoms in total. The third kappa shape index (κ3) is 4.30. The lowest BCUT2D eigenvalue weighted by Gasteiger charge is -2.18. The Morgan fingerprint density at radius 2 is 1.66 bits per heavy atom. The summed E-state index contributed by atoms with van der Waals surface area (Å²) < 4.78 is 11.9. The molecule has 3 aromatic carbocycles. The maximum atomic E-state index is 13.6. The molecule has 1 saturated carbocycles. The second-order valence-electron chi connectivity index (χ2n) is 8.02. The van der Waals surface area contributed by atoms with Gasteiger partial charge in [0.2, 0.25) is 5.91 Å². The highest BCUT2D eigenvalue weighted by atomic mass is 35.5. The average Bonchev–Trinajstić information content (AvgIpc) is 3.31. The zero-order chi connectivity index (χ0) is 25.7. The van der Waals surface area contributed by atoms with Gasteiger partial charge in [-0.15, -0.1) is 0 Å². The Labute approximate surface area is 225 Å². The largest absolute Gasteiger partial charge is 0.369 e. The van der Waals surface area contributed by atoms with Gasteiger partial charge in [0.25, 0.3) is 5.91 Å². The number of hydrogen-bond acceptors (Lipinski definition) is 2. The number of alkyl halides is 2. The molecule has 2 atom stereocenters. The van der Waals surface area contributed by atoms with Gasteiger partial charge in [-0.25, -0.2) is 4.39 Å². The molecule has 1 aliphatic rings. The summed E-state index contributed by atoms with van der Waals surface area (Å²) in [7, 11) is 0. The fourth-order valence-corrected chi connectivity index (χ4v) is 6.20. The van der Waals surface area contributed by atoms with Crippen LogP contribution in [0.4, 0.5) is 10.1 Å². The van der Waals surface area contributed by atoms with Gasteiger partial charge >= 0.3 is 0 Å². The van der Waals surface area contributed by atoms with Crippen LogP contribution >= 0.6 is 58.0 Å². The quantitative estimate of drug-likeness (QED) is 0.303. The predicted molar refractivity (Wildman–Crippen MR) is 140 cm³/mol. The average molecular weight is 573 g/mol. The Morgan fingerprint density at radius 3 is 2.26 bits per heavy atom. The second-order valence-corrected chi connectivity index (χ2v) is 10.7. The van der Waals surface area contributed by atoms with Crippen molar-refractivity contribution in [2.75, 3.05) is 5.32 Å². The summed E-state index contributed by atoms with van der Waals surface area (Å²) in [5.41, 5.74) is 5.76. The normalized spacial score (nSPS) is 20.2. The SMILES string of the molecule is C=Cc1cc(F)ccc1NC(=O)c1cc(C2(C(N)=O)C(c3cc(Cl)cc(Cl)c3)C2(Cl)Cl)ccc1Cl. The summed E-state index contributed by atoms with van der Waals surface area (Å²) in [5.74, 6) is -2.69. The molecule has 0 aromatic heterocycles. The number of nitrogens with one attached hydrogen (secondary N) is 1. The minimum Gasteiger partial charge on any atom is -0.369 e. The number of hydrogen-bond donors (Lipinski definition) is 2. The van der Waals surface area contributed by atoms with Crippen LogP contribution < -0.4 is 11.1 Å². The summed E-state index contributed by atoms with van der Waals surface area (Å²) in [6.07, 6.45) is 1.40. The molecule has 0 aliphatic heterocycles. The predicted octanol–water partition coefficient (Wildman–Crippen LogP) is 7.38. The van der Waals surface area contributed by atoms with Gasteiger partial charge in [0.15, 0.2) is 0 Å². The van der Waals surface area contributed by atoms with Crippen molar-refractivity contribution in [1.82, 2.24) is 0 Å². The van der Waals surface area contributed by atoms with Gasteiger partial charge in [-0.1, -0.05) is 76.7 Å². The zero-order valence-electron chi connectivity index (χ0n) is 17.7. The number of carbonyl (C=O) groups is 2. The molecule has 0 radical (unpaired) electrons. The van der Waals surface area contributed by atoms with E-state index in [1.54, 1.807) is 12.1 Å². The molecule has 3 aromatic rings. The van der Waals surface area contributed by atoms with E-state index >= 15 is 0 Å². The van der Waals surface area contributed by atoms with E-state index in [2.05, 4.69) is 11.9 Å². The molecule has 4 rings (SSSR count). The smallest absolute Gasteiger partial charge is 0.257 e. The van der Waals surface area contributed by atoms with Crippen LogP contribution in [0.1, 0.15) is 33.0 Å². The maximum Gasteiger partial charge on any atom is 0.257 e. The van der Waals surface area contributed by atoms with Crippen molar-refractivity contribution in [3.8, 4) is 0 Å². The molecule has 2 unspecified atom stereocenters. The highest BCUT2D eigenvalue weighted by Crippen LogP contribution is 2.74. The molecule has 1 aliphatic carbocycles. The minimum absolute atomic E-state index is 0.0306. The van der Waals surface area contributed by atoms with Crippen molar-refractivity contribution in [1.29, 1.82) is 0 Å². The Hall–Kier alpha value is -2.28. The summed E-state index contributed by atoms with van der Waals surface area (Å²) in [5, 5.41) is 3.44. The lowest BCUT2D eigenvalue weighted by atomic mass is 9.88. The van der Waals surface area contributed by atoms with E-state index < -0.39 is 33.3 Å². The molecule has 3 N–H and O–H groups in total. The van der Waals surface area contributed by atoms with E-state index in [0.717, 1.165) is 0 Å². The van der Waals surface area contributed by atoms with Crippen LogP contribution in [0.25, 0.3) is 6.08 Å². The van der Waals surface area contributed by atoms with E-state index in [1.165, 1.54) is 48.5 Å². The first kappa shape index (κ1) is 25.8. The first-order valence-electron chi connectivity index (χ1n) is 10.1. The van der Waals surface area contributed by atoms with Crippen molar-refractivity contribution in [2.24, 2.45) is 5.73 Å². The summed E-state index contributed by atoms with van der Waals surface area (Å²) in [4.78, 5) is 26.0. The van der Waals surface area contributed by atoms with Crippen LogP contribution in [-0.2, 0) is 10.2 Å². The standard InChI is InChI=1S/C25H16Cl5FN2O2/c1-2-12-9-17(31)4-6-20(12)33-22(34)18-10-14(3-5-19(18)28)24(23(32)35)21(25(24,29)30)13-7-15(26)11-16(27)8-13/h2-11,21H,1H2,(H2,32,35)(H,33,34). The Balaban J connectivity index is 1.78. The van der Waals surface area contributed by atoms with E-state index in [9.17, 15) is 14.0 Å². The number of benzene rings is 3. The third-order valence-electron chi connectivity index (χ3n) is 5.99. The maximum absolute atomic E-state index is 13.6. The van der Waals surface area contributed by atoms with Gasteiger partial charge in [0.05, 0.1) is 10.6 Å². The number of amides is 2. The molecule has 0 heterocycles. The van der Waals surface area contributed by atoms with Crippen molar-refractivity contribution < 1.29 is 14.0 Å². The first-order valence-corrected chi connectivity index (χ1v) is 12.0. The molecule has 0 bridgehead atoms. The molecular weight excluding hydrogens is 557 g/mol. The van der Waals surface area contributed by atoms with E-state index in [4.69, 9.17) is 63.7 Å². The van der Waals surface area contributed by atoms with Crippen LogP contribution in [0.3, 0.4) is 0 Å². The number of nitrogens with two attached hydrogens (primary N) is 1. The van der Waals surface area contributed by atoms with E-state index in [1.807, 2.05) is 0 Å². The van der Waals surface area contributed by atoms with Gasteiger partial charge in [0, 0.05) is 27.2 Å². The Kier molecular flexibility index (Phi) is 6.86. The number of carbonyl (C=O) groups excluding carboxylic acids is 2. The lowest BCUT2D eigenvalue weighted by molar-refractivity contribution is -0.120. The van der Waals surface area contributed by atoms with Gasteiger partial charge in [-0.3, -0.25) is 9.59 Å². The highest BCUT2D eigenvalue weighted by molar-refractivity contribution is 6.55. The number of anilines is 1. The van der Waals surface area contributed by atoms with Crippen molar-refractivity contribution in [2.45, 2.75) is 15.7 Å². The molecule has 180 valence electrons. The van der Waals surface area contributed by atoms with Gasteiger partial charge in [0.1, 0.15) is 15.6 Å². The number of primary amides is 1. The zero-order valence-corrected chi connectivity index (χ0v) is 21.5. The van der Waals surface area contributed by atoms with Gasteiger partial charge < -0.3 is 11.1 Å². The Morgan fingerprint density at radius 1 is 1.00 bits per heavy atom. The number of rotatable bonds is 6. The fraction of sp³-hybridized carbons (Fsp3) is 0.120. The van der Waals surface area contributed by atoms with Crippen molar-refractivity contribution in [3.05, 3.63) is 104 Å². The second kappa shape index (κ2) is 9.30. The van der Waals surface area contributed by atoms with Crippen molar-refractivity contribution in [3.63, 3.8) is 0 Å². The number of halogens is 6. The highest BCUT2D eigenvalue weighted by Gasteiger charge is 2.80. The van der Waals surface area contributed by atoms with Crippen LogP contribution in [0.5, 0.6) is 0 Å². The fourth-order valence-electron chi connectivity index (χ4n) is 4.36. The minimum atomic E-state index is -1.65. The molecule has 10 heteroatoms. The van der Waals surface area contributed by atoms with Crippen LogP contribution in [0.15, 0.2) is 61.2 Å². The van der Waals surface area contributed by atoms with Crippen LogP contribution in [0, 0.1) is 5.82 Å². The monoisotopic (exact) mass is 570 g/mol. The van der Waals surface area contributed by atoms with Crippen molar-refractivity contribution >= 4 is 81.6 Å². The molecule has 1 fully saturated rings.